The molecule has 22 heavy (non-hydrogen) atoms. The van der Waals surface area contributed by atoms with E-state index in [0.717, 1.165) is 5.56 Å². The van der Waals surface area contributed by atoms with Crippen LogP contribution in [-0.2, 0) is 15.0 Å². The van der Waals surface area contributed by atoms with E-state index in [4.69, 9.17) is 5.11 Å². The molecule has 0 aliphatic rings. The molecule has 122 valence electrons. The fourth-order valence-corrected chi connectivity index (χ4v) is 1.87. The van der Waals surface area contributed by atoms with Gasteiger partial charge in [-0.3, -0.25) is 4.79 Å². The van der Waals surface area contributed by atoms with Crippen LogP contribution in [0.25, 0.3) is 0 Å². The second-order valence-electron chi connectivity index (χ2n) is 5.67. The van der Waals surface area contributed by atoms with Crippen molar-refractivity contribution < 1.29 is 27.9 Å². The number of alkyl halides is 3. The average Bonchev–Trinajstić information content (AvgIpc) is 2.36. The molecule has 0 aliphatic heterocycles. The third-order valence-corrected chi connectivity index (χ3v) is 3.38. The van der Waals surface area contributed by atoms with Crippen molar-refractivity contribution >= 4 is 11.9 Å². The lowest BCUT2D eigenvalue weighted by atomic mass is 9.83. The number of halogens is 3. The Balaban J connectivity index is 2.92. The molecular weight excluding hydrogens is 299 g/mol. The lowest BCUT2D eigenvalue weighted by molar-refractivity contribution is -0.160. The van der Waals surface area contributed by atoms with Crippen molar-refractivity contribution in [3.63, 3.8) is 0 Å². The Bertz CT molecular complexity index is 550. The summed E-state index contributed by atoms with van der Waals surface area (Å²) in [6, 6.07) is 4.92. The average molecular weight is 317 g/mol. The normalized spacial score (nSPS) is 13.5. The van der Waals surface area contributed by atoms with E-state index in [1.807, 2.05) is 12.2 Å². The van der Waals surface area contributed by atoms with Gasteiger partial charge < -0.3 is 10.4 Å². The zero-order valence-corrected chi connectivity index (χ0v) is 12.5. The van der Waals surface area contributed by atoms with Gasteiger partial charge in [0.15, 0.2) is 0 Å². The lowest BCUT2D eigenvalue weighted by Crippen LogP contribution is -2.49. The minimum Gasteiger partial charge on any atom is -0.480 e. The molecule has 0 heterocycles. The molecule has 1 unspecified atom stereocenters. The van der Waals surface area contributed by atoms with Crippen molar-refractivity contribution in [2.45, 2.75) is 44.8 Å². The van der Waals surface area contributed by atoms with Gasteiger partial charge in [-0.1, -0.05) is 29.8 Å². The molecule has 0 fully saturated rings. The number of hydrogen-bond acceptors (Lipinski definition) is 2. The number of rotatable bonds is 5. The maximum absolute atomic E-state index is 12.4. The highest BCUT2D eigenvalue weighted by atomic mass is 19.4. The van der Waals surface area contributed by atoms with Gasteiger partial charge in [-0.25, -0.2) is 4.79 Å². The van der Waals surface area contributed by atoms with Crippen LogP contribution in [0.3, 0.4) is 0 Å². The summed E-state index contributed by atoms with van der Waals surface area (Å²) >= 11 is 0. The summed E-state index contributed by atoms with van der Waals surface area (Å²) in [5, 5.41) is 10.8. The van der Waals surface area contributed by atoms with Crippen LogP contribution >= 0.6 is 0 Å². The molecular formula is C15H18F3NO3. The number of carbonyl (C=O) groups is 2. The summed E-state index contributed by atoms with van der Waals surface area (Å²) in [6.45, 7) is 4.92. The van der Waals surface area contributed by atoms with Crippen molar-refractivity contribution in [1.82, 2.24) is 5.32 Å². The molecule has 1 aromatic carbocycles. The molecule has 0 saturated heterocycles. The van der Waals surface area contributed by atoms with E-state index >= 15 is 0 Å². The fourth-order valence-electron chi connectivity index (χ4n) is 1.87. The number of carboxylic acids is 1. The molecule has 0 spiro atoms. The Labute approximate surface area is 126 Å². The van der Waals surface area contributed by atoms with Crippen LogP contribution in [0.15, 0.2) is 24.3 Å². The van der Waals surface area contributed by atoms with Gasteiger partial charge in [0.1, 0.15) is 6.04 Å². The van der Waals surface area contributed by atoms with Crippen LogP contribution in [0.1, 0.15) is 31.4 Å². The van der Waals surface area contributed by atoms with Gasteiger partial charge in [-0.15, -0.1) is 0 Å². The van der Waals surface area contributed by atoms with E-state index in [0.29, 0.717) is 5.56 Å². The number of aliphatic carboxylic acids is 1. The van der Waals surface area contributed by atoms with E-state index in [-0.39, 0.29) is 0 Å². The molecule has 0 bridgehead atoms. The molecule has 0 radical (unpaired) electrons. The van der Waals surface area contributed by atoms with Gasteiger partial charge in [0.25, 0.3) is 0 Å². The zero-order chi connectivity index (χ0) is 17.1. The zero-order valence-electron chi connectivity index (χ0n) is 12.5. The Kier molecular flexibility index (Phi) is 5.22. The van der Waals surface area contributed by atoms with Gasteiger partial charge in [0.05, 0.1) is 11.8 Å². The molecule has 1 atom stereocenters. The molecule has 7 heteroatoms. The minimum atomic E-state index is -4.68. The first kappa shape index (κ1) is 18.0. The largest absolute Gasteiger partial charge is 0.480 e. The number of nitrogens with one attached hydrogen (secondary N) is 1. The summed E-state index contributed by atoms with van der Waals surface area (Å²) in [5.74, 6) is -2.49. The summed E-state index contributed by atoms with van der Waals surface area (Å²) < 4.78 is 37.1. The third-order valence-electron chi connectivity index (χ3n) is 3.38. The maximum Gasteiger partial charge on any atom is 0.391 e. The van der Waals surface area contributed by atoms with E-state index in [1.165, 1.54) is 13.8 Å². The second-order valence-corrected chi connectivity index (χ2v) is 5.67. The number of aryl methyl sites for hydroxylation is 1. The highest BCUT2D eigenvalue weighted by molar-refractivity contribution is 5.90. The van der Waals surface area contributed by atoms with Gasteiger partial charge in [-0.05, 0) is 26.3 Å². The van der Waals surface area contributed by atoms with E-state index in [2.05, 4.69) is 0 Å². The van der Waals surface area contributed by atoms with Crippen molar-refractivity contribution in [1.29, 1.82) is 0 Å². The summed E-state index contributed by atoms with van der Waals surface area (Å²) in [5.41, 5.74) is 0.416. The third kappa shape index (κ3) is 4.75. The molecule has 0 saturated carbocycles. The molecule has 2 N–H and O–H groups in total. The Morgan fingerprint density at radius 2 is 1.68 bits per heavy atom. The molecule has 1 aromatic rings. The number of carboxylic acid groups (broad SMARTS) is 1. The SMILES string of the molecule is Cc1ccc(C(C)(C)C(=O)NC(CC(F)(F)F)C(=O)O)cc1. The molecule has 0 aromatic heterocycles. The Morgan fingerprint density at radius 3 is 2.09 bits per heavy atom. The topological polar surface area (TPSA) is 66.4 Å². The highest BCUT2D eigenvalue weighted by Gasteiger charge is 2.39. The quantitative estimate of drug-likeness (QED) is 0.877. The summed E-state index contributed by atoms with van der Waals surface area (Å²) in [4.78, 5) is 23.1. The first-order chi connectivity index (χ1) is 9.93. The first-order valence-electron chi connectivity index (χ1n) is 6.61. The molecule has 0 aliphatic carbocycles. The van der Waals surface area contributed by atoms with Crippen LogP contribution in [0, 0.1) is 6.92 Å². The van der Waals surface area contributed by atoms with E-state index in [9.17, 15) is 22.8 Å². The molecule has 4 nitrogen and oxygen atoms in total. The minimum absolute atomic E-state index is 0.590. The molecule has 1 amide bonds. The number of carbonyl (C=O) groups excluding carboxylic acids is 1. The van der Waals surface area contributed by atoms with Gasteiger partial charge in [-0.2, -0.15) is 13.2 Å². The van der Waals surface area contributed by atoms with Gasteiger partial charge >= 0.3 is 12.1 Å². The van der Waals surface area contributed by atoms with E-state index in [1.54, 1.807) is 24.3 Å². The van der Waals surface area contributed by atoms with E-state index < -0.39 is 35.9 Å². The Hall–Kier alpha value is -2.05. The summed E-state index contributed by atoms with van der Waals surface area (Å²) in [6.07, 6.45) is -6.29. The number of hydrogen-bond donors (Lipinski definition) is 2. The predicted octanol–water partition coefficient (Wildman–Crippen LogP) is 2.79. The molecule has 1 rings (SSSR count). The lowest BCUT2D eigenvalue weighted by Gasteiger charge is -2.27. The predicted molar refractivity (Wildman–Crippen MR) is 74.4 cm³/mol. The Morgan fingerprint density at radius 1 is 1.18 bits per heavy atom. The van der Waals surface area contributed by atoms with Crippen LogP contribution in [0.5, 0.6) is 0 Å². The van der Waals surface area contributed by atoms with Crippen molar-refractivity contribution in [3.05, 3.63) is 35.4 Å². The second kappa shape index (κ2) is 6.37. The van der Waals surface area contributed by atoms with Gasteiger partial charge in [0.2, 0.25) is 5.91 Å². The van der Waals surface area contributed by atoms with Crippen molar-refractivity contribution in [3.8, 4) is 0 Å². The smallest absolute Gasteiger partial charge is 0.391 e. The van der Waals surface area contributed by atoms with Crippen LogP contribution in [0.4, 0.5) is 13.2 Å². The van der Waals surface area contributed by atoms with Crippen LogP contribution < -0.4 is 5.32 Å². The maximum atomic E-state index is 12.4. The van der Waals surface area contributed by atoms with Gasteiger partial charge in [0, 0.05) is 0 Å². The van der Waals surface area contributed by atoms with Crippen LogP contribution in [0.2, 0.25) is 0 Å². The first-order valence-corrected chi connectivity index (χ1v) is 6.61. The highest BCUT2D eigenvalue weighted by Crippen LogP contribution is 2.26. The van der Waals surface area contributed by atoms with Crippen molar-refractivity contribution in [2.24, 2.45) is 0 Å². The van der Waals surface area contributed by atoms with Crippen molar-refractivity contribution in [2.75, 3.05) is 0 Å². The van der Waals surface area contributed by atoms with Crippen LogP contribution in [-0.4, -0.2) is 29.2 Å². The summed E-state index contributed by atoms with van der Waals surface area (Å²) in [7, 11) is 0. The number of benzene rings is 1. The number of amides is 1. The standard InChI is InChI=1S/C15H18F3NO3/c1-9-4-6-10(7-5-9)14(2,3)13(22)19-11(12(20)21)8-15(16,17)18/h4-7,11H,8H2,1-3H3,(H,19,22)(H,20,21). The fraction of sp³-hybridized carbons (Fsp3) is 0.467. The monoisotopic (exact) mass is 317 g/mol.